The predicted octanol–water partition coefficient (Wildman–Crippen LogP) is 1.60. The van der Waals surface area contributed by atoms with Crippen LogP contribution in [0.1, 0.15) is 12.0 Å². The van der Waals surface area contributed by atoms with Gasteiger partial charge in [-0.15, -0.1) is 0 Å². The van der Waals surface area contributed by atoms with Crippen molar-refractivity contribution in [3.63, 3.8) is 0 Å². The van der Waals surface area contributed by atoms with Crippen molar-refractivity contribution in [2.45, 2.75) is 12.8 Å². The second-order valence-electron chi connectivity index (χ2n) is 2.83. The van der Waals surface area contributed by atoms with E-state index in [1.54, 1.807) is 18.2 Å². The van der Waals surface area contributed by atoms with Gasteiger partial charge in [0.05, 0.1) is 0 Å². The molecule has 1 rings (SSSR count). The van der Waals surface area contributed by atoms with Crippen LogP contribution in [0.5, 0.6) is 0 Å². The lowest BCUT2D eigenvalue weighted by atomic mass is 10.1. The Morgan fingerprint density at radius 3 is 3.00 bits per heavy atom. The van der Waals surface area contributed by atoms with E-state index >= 15 is 0 Å². The summed E-state index contributed by atoms with van der Waals surface area (Å²) in [5, 5.41) is 19.3. The van der Waals surface area contributed by atoms with Gasteiger partial charge in [0.25, 0.3) is 0 Å². The summed E-state index contributed by atoms with van der Waals surface area (Å²) < 4.78 is 0. The Labute approximate surface area is 81.8 Å². The molecule has 1 aromatic rings. The standard InChI is InChI=1S/C10H10N2O2/c11-7-12-9-3-1-2-8(6-9)4-5-10(13)14/h1-3,6,12H,4-5H2,(H,13,14). The van der Waals surface area contributed by atoms with Crippen molar-refractivity contribution < 1.29 is 9.90 Å². The molecular weight excluding hydrogens is 180 g/mol. The van der Waals surface area contributed by atoms with Gasteiger partial charge in [-0.1, -0.05) is 12.1 Å². The molecule has 0 spiro atoms. The average Bonchev–Trinajstić information content (AvgIpc) is 2.16. The molecule has 0 atom stereocenters. The van der Waals surface area contributed by atoms with Crippen molar-refractivity contribution in [3.05, 3.63) is 29.8 Å². The third-order valence-corrected chi connectivity index (χ3v) is 1.75. The van der Waals surface area contributed by atoms with E-state index in [4.69, 9.17) is 10.4 Å². The Morgan fingerprint density at radius 2 is 2.36 bits per heavy atom. The first-order valence-corrected chi connectivity index (χ1v) is 4.18. The number of anilines is 1. The second-order valence-corrected chi connectivity index (χ2v) is 2.83. The number of carbonyl (C=O) groups is 1. The molecule has 0 saturated heterocycles. The predicted molar refractivity (Wildman–Crippen MR) is 51.6 cm³/mol. The van der Waals surface area contributed by atoms with Gasteiger partial charge in [0.1, 0.15) is 0 Å². The number of carboxylic acids is 1. The van der Waals surface area contributed by atoms with E-state index in [0.717, 1.165) is 5.56 Å². The summed E-state index contributed by atoms with van der Waals surface area (Å²) in [6.45, 7) is 0. The van der Waals surface area contributed by atoms with Crippen molar-refractivity contribution in [1.29, 1.82) is 5.26 Å². The maximum atomic E-state index is 10.3. The van der Waals surface area contributed by atoms with Crippen LogP contribution in [-0.4, -0.2) is 11.1 Å². The monoisotopic (exact) mass is 190 g/mol. The number of nitrogens with one attached hydrogen (secondary N) is 1. The van der Waals surface area contributed by atoms with Crippen molar-refractivity contribution in [3.8, 4) is 6.19 Å². The molecule has 0 aromatic heterocycles. The van der Waals surface area contributed by atoms with Gasteiger partial charge in [0.2, 0.25) is 0 Å². The second kappa shape index (κ2) is 4.87. The first-order chi connectivity index (χ1) is 6.72. The largest absolute Gasteiger partial charge is 0.481 e. The van der Waals surface area contributed by atoms with E-state index in [0.29, 0.717) is 12.1 Å². The molecule has 4 nitrogen and oxygen atoms in total. The van der Waals surface area contributed by atoms with Crippen molar-refractivity contribution in [1.82, 2.24) is 0 Å². The minimum Gasteiger partial charge on any atom is -0.481 e. The van der Waals surface area contributed by atoms with Gasteiger partial charge in [0, 0.05) is 12.1 Å². The quantitative estimate of drug-likeness (QED) is 0.558. The zero-order valence-electron chi connectivity index (χ0n) is 7.53. The molecular formula is C10H10N2O2. The molecule has 0 aliphatic carbocycles. The SMILES string of the molecule is N#CNc1cccc(CCC(=O)O)c1. The number of nitrogens with zero attached hydrogens (tertiary/aromatic N) is 1. The molecule has 4 heteroatoms. The highest BCUT2D eigenvalue weighted by atomic mass is 16.4. The van der Waals surface area contributed by atoms with Gasteiger partial charge in [-0.05, 0) is 24.1 Å². The third kappa shape index (κ3) is 3.15. The van der Waals surface area contributed by atoms with Crippen LogP contribution < -0.4 is 5.32 Å². The van der Waals surface area contributed by atoms with Gasteiger partial charge in [-0.3, -0.25) is 10.1 Å². The molecule has 72 valence electrons. The smallest absolute Gasteiger partial charge is 0.303 e. The first kappa shape index (κ1) is 10.1. The van der Waals surface area contributed by atoms with Gasteiger partial charge in [-0.25, -0.2) is 0 Å². The zero-order chi connectivity index (χ0) is 10.4. The van der Waals surface area contributed by atoms with E-state index < -0.39 is 5.97 Å². The molecule has 0 unspecified atom stereocenters. The zero-order valence-corrected chi connectivity index (χ0v) is 7.53. The Balaban J connectivity index is 2.64. The van der Waals surface area contributed by atoms with Crippen molar-refractivity contribution in [2.24, 2.45) is 0 Å². The Kier molecular flexibility index (Phi) is 3.50. The maximum absolute atomic E-state index is 10.3. The molecule has 0 bridgehead atoms. The molecule has 0 radical (unpaired) electrons. The van der Waals surface area contributed by atoms with Crippen LogP contribution in [0, 0.1) is 11.5 Å². The lowest BCUT2D eigenvalue weighted by Crippen LogP contribution is -1.97. The van der Waals surface area contributed by atoms with E-state index in [-0.39, 0.29) is 6.42 Å². The average molecular weight is 190 g/mol. The number of benzene rings is 1. The summed E-state index contributed by atoms with van der Waals surface area (Å²) >= 11 is 0. The fourth-order valence-electron chi connectivity index (χ4n) is 1.12. The van der Waals surface area contributed by atoms with Crippen LogP contribution in [0.3, 0.4) is 0 Å². The summed E-state index contributed by atoms with van der Waals surface area (Å²) in [6.07, 6.45) is 2.40. The number of hydrogen-bond donors (Lipinski definition) is 2. The summed E-state index contributed by atoms with van der Waals surface area (Å²) in [5.41, 5.74) is 1.60. The molecule has 0 saturated carbocycles. The van der Waals surface area contributed by atoms with Crippen LogP contribution in [0.25, 0.3) is 0 Å². The highest BCUT2D eigenvalue weighted by Gasteiger charge is 1.99. The molecule has 1 aromatic carbocycles. The molecule has 0 heterocycles. The fraction of sp³-hybridized carbons (Fsp3) is 0.200. The van der Waals surface area contributed by atoms with Gasteiger partial charge in [0.15, 0.2) is 6.19 Å². The summed E-state index contributed by atoms with van der Waals surface area (Å²) in [5.74, 6) is -0.816. The Morgan fingerprint density at radius 1 is 1.57 bits per heavy atom. The molecule has 0 aliphatic rings. The summed E-state index contributed by atoms with van der Waals surface area (Å²) in [7, 11) is 0. The fourth-order valence-corrected chi connectivity index (χ4v) is 1.12. The molecule has 0 fully saturated rings. The number of aliphatic carboxylic acids is 1. The lowest BCUT2D eigenvalue weighted by Gasteiger charge is -2.01. The van der Waals surface area contributed by atoms with Crippen LogP contribution in [0.2, 0.25) is 0 Å². The van der Waals surface area contributed by atoms with Gasteiger partial charge in [-0.2, -0.15) is 5.26 Å². The van der Waals surface area contributed by atoms with Crippen LogP contribution >= 0.6 is 0 Å². The van der Waals surface area contributed by atoms with E-state index in [2.05, 4.69) is 5.32 Å². The Hall–Kier alpha value is -2.02. The minimum atomic E-state index is -0.816. The number of nitriles is 1. The molecule has 0 aliphatic heterocycles. The number of carboxylic acid groups (broad SMARTS) is 1. The number of aryl methyl sites for hydroxylation is 1. The summed E-state index contributed by atoms with van der Waals surface area (Å²) in [6, 6.07) is 7.15. The first-order valence-electron chi connectivity index (χ1n) is 4.18. The maximum Gasteiger partial charge on any atom is 0.303 e. The summed E-state index contributed by atoms with van der Waals surface area (Å²) in [4.78, 5) is 10.3. The topological polar surface area (TPSA) is 73.1 Å². The molecule has 14 heavy (non-hydrogen) atoms. The van der Waals surface area contributed by atoms with Crippen molar-refractivity contribution >= 4 is 11.7 Å². The van der Waals surface area contributed by atoms with Gasteiger partial charge < -0.3 is 5.11 Å². The van der Waals surface area contributed by atoms with E-state index in [1.165, 1.54) is 0 Å². The van der Waals surface area contributed by atoms with Crippen LogP contribution in [0.15, 0.2) is 24.3 Å². The molecule has 2 N–H and O–H groups in total. The normalized spacial score (nSPS) is 9.07. The molecule has 0 amide bonds. The van der Waals surface area contributed by atoms with E-state index in [9.17, 15) is 4.79 Å². The number of hydrogen-bond acceptors (Lipinski definition) is 3. The Bertz CT molecular complexity index is 369. The van der Waals surface area contributed by atoms with Crippen LogP contribution in [-0.2, 0) is 11.2 Å². The minimum absolute atomic E-state index is 0.107. The highest BCUT2D eigenvalue weighted by molar-refractivity contribution is 5.67. The van der Waals surface area contributed by atoms with Gasteiger partial charge >= 0.3 is 5.97 Å². The van der Waals surface area contributed by atoms with Crippen LogP contribution in [0.4, 0.5) is 5.69 Å². The highest BCUT2D eigenvalue weighted by Crippen LogP contribution is 2.11. The number of rotatable bonds is 4. The third-order valence-electron chi connectivity index (χ3n) is 1.75. The lowest BCUT2D eigenvalue weighted by molar-refractivity contribution is -0.136. The van der Waals surface area contributed by atoms with Crippen molar-refractivity contribution in [2.75, 3.05) is 5.32 Å². The van der Waals surface area contributed by atoms with E-state index in [1.807, 2.05) is 12.3 Å².